The molecule has 2 aromatic heterocycles. The molecule has 3 heterocycles. The summed E-state index contributed by atoms with van der Waals surface area (Å²) in [6.45, 7) is 6.04. The molecule has 0 amide bonds. The van der Waals surface area contributed by atoms with Crippen molar-refractivity contribution in [3.8, 4) is 11.4 Å². The number of pyridine rings is 2. The quantitative estimate of drug-likeness (QED) is 0.919. The van der Waals surface area contributed by atoms with E-state index in [1.54, 1.807) is 0 Å². The van der Waals surface area contributed by atoms with E-state index >= 15 is 0 Å². The Morgan fingerprint density at radius 2 is 2.10 bits per heavy atom. The number of carbonyl (C=O) groups is 1. The van der Waals surface area contributed by atoms with Crippen molar-refractivity contribution in [3.63, 3.8) is 0 Å². The highest BCUT2D eigenvalue weighted by molar-refractivity contribution is 5.87. The number of aromatic nitrogens is 2. The molecule has 21 heavy (non-hydrogen) atoms. The first-order chi connectivity index (χ1) is 9.90. The molecule has 0 saturated carbocycles. The van der Waals surface area contributed by atoms with E-state index in [0.717, 1.165) is 17.0 Å². The van der Waals surface area contributed by atoms with E-state index in [0.29, 0.717) is 5.69 Å². The van der Waals surface area contributed by atoms with Crippen LogP contribution < -0.4 is 5.43 Å². The maximum Gasteiger partial charge on any atom is 0.341 e. The highest BCUT2D eigenvalue weighted by Crippen LogP contribution is 2.41. The van der Waals surface area contributed by atoms with Gasteiger partial charge in [-0.2, -0.15) is 0 Å². The lowest BCUT2D eigenvalue weighted by Crippen LogP contribution is -2.20. The summed E-state index contributed by atoms with van der Waals surface area (Å²) in [5.41, 5.74) is 2.71. The Labute approximate surface area is 121 Å². The fourth-order valence-corrected chi connectivity index (χ4v) is 2.97. The van der Waals surface area contributed by atoms with Gasteiger partial charge in [0.25, 0.3) is 0 Å². The van der Waals surface area contributed by atoms with Gasteiger partial charge >= 0.3 is 5.97 Å². The number of aryl methyl sites for hydroxylation is 1. The molecule has 3 rings (SSSR count). The third-order valence-corrected chi connectivity index (χ3v) is 3.87. The lowest BCUT2D eigenvalue weighted by Gasteiger charge is -2.20. The maximum absolute atomic E-state index is 12.0. The zero-order chi connectivity index (χ0) is 15.3. The minimum Gasteiger partial charge on any atom is -0.477 e. The predicted molar refractivity (Wildman–Crippen MR) is 78.6 cm³/mol. The van der Waals surface area contributed by atoms with Crippen LogP contribution in [0.4, 0.5) is 0 Å². The molecule has 1 atom stereocenters. The van der Waals surface area contributed by atoms with Crippen molar-refractivity contribution < 1.29 is 9.90 Å². The number of nitrogens with zero attached hydrogens (tertiary/aromatic N) is 2. The molecule has 0 unspecified atom stereocenters. The molecular formula is C16H16N2O3. The van der Waals surface area contributed by atoms with Crippen LogP contribution >= 0.6 is 0 Å². The van der Waals surface area contributed by atoms with Crippen molar-refractivity contribution in [1.82, 2.24) is 9.55 Å². The molecule has 5 heteroatoms. The Morgan fingerprint density at radius 1 is 1.38 bits per heavy atom. The van der Waals surface area contributed by atoms with E-state index in [-0.39, 0.29) is 17.5 Å². The Balaban J connectivity index is 2.34. The Hall–Kier alpha value is -2.43. The summed E-state index contributed by atoms with van der Waals surface area (Å²) in [5, 5.41) is 9.15. The second-order valence-electron chi connectivity index (χ2n) is 5.73. The van der Waals surface area contributed by atoms with Crippen LogP contribution in [0, 0.1) is 12.8 Å². The van der Waals surface area contributed by atoms with Crippen molar-refractivity contribution in [3.05, 3.63) is 51.4 Å². The van der Waals surface area contributed by atoms with Crippen LogP contribution in [0.15, 0.2) is 29.2 Å². The number of carboxylic acids is 1. The minimum atomic E-state index is -1.20. The maximum atomic E-state index is 12.0. The molecule has 0 bridgehead atoms. The molecule has 108 valence electrons. The van der Waals surface area contributed by atoms with Gasteiger partial charge in [0.2, 0.25) is 0 Å². The van der Waals surface area contributed by atoms with Gasteiger partial charge in [-0.05, 0) is 18.9 Å². The lowest BCUT2D eigenvalue weighted by atomic mass is 9.97. The SMILES string of the molecule is Cc1ccc2c(n1)-c1cc(=O)c(C(=O)O)cn1[C@@H]2C(C)C. The van der Waals surface area contributed by atoms with Crippen molar-refractivity contribution >= 4 is 5.97 Å². The number of hydrogen-bond acceptors (Lipinski definition) is 3. The largest absolute Gasteiger partial charge is 0.477 e. The zero-order valence-electron chi connectivity index (χ0n) is 12.1. The number of hydrogen-bond donors (Lipinski definition) is 1. The average molecular weight is 284 g/mol. The van der Waals surface area contributed by atoms with Gasteiger partial charge in [-0.25, -0.2) is 4.79 Å². The number of carboxylic acid groups (broad SMARTS) is 1. The van der Waals surface area contributed by atoms with Crippen molar-refractivity contribution in [2.45, 2.75) is 26.8 Å². The van der Waals surface area contributed by atoms with Gasteiger partial charge in [0.1, 0.15) is 5.56 Å². The van der Waals surface area contributed by atoms with E-state index in [9.17, 15) is 9.59 Å². The molecule has 2 aromatic rings. The Kier molecular flexibility index (Phi) is 2.93. The summed E-state index contributed by atoms with van der Waals surface area (Å²) in [7, 11) is 0. The summed E-state index contributed by atoms with van der Waals surface area (Å²) in [4.78, 5) is 27.7. The molecule has 1 aliphatic rings. The first-order valence-electron chi connectivity index (χ1n) is 6.87. The monoisotopic (exact) mass is 284 g/mol. The highest BCUT2D eigenvalue weighted by Gasteiger charge is 2.32. The molecule has 0 fully saturated rings. The average Bonchev–Trinajstić information content (AvgIpc) is 2.70. The zero-order valence-corrected chi connectivity index (χ0v) is 12.1. The van der Waals surface area contributed by atoms with Crippen LogP contribution in [0.1, 0.15) is 41.5 Å². The summed E-state index contributed by atoms with van der Waals surface area (Å²) >= 11 is 0. The van der Waals surface area contributed by atoms with Gasteiger partial charge in [0, 0.05) is 23.5 Å². The standard InChI is InChI=1S/C16H16N2O3/c1-8(2)15-10-5-4-9(3)17-14(10)12-6-13(19)11(16(20)21)7-18(12)15/h4-8,15H,1-3H3,(H,20,21)/t15-/m1/s1. The smallest absolute Gasteiger partial charge is 0.341 e. The predicted octanol–water partition coefficient (Wildman–Crippen LogP) is 2.48. The fraction of sp³-hybridized carbons (Fsp3) is 0.312. The van der Waals surface area contributed by atoms with Crippen LogP contribution in [-0.4, -0.2) is 20.6 Å². The van der Waals surface area contributed by atoms with Crippen molar-refractivity contribution in [2.24, 2.45) is 5.92 Å². The molecule has 0 aliphatic carbocycles. The van der Waals surface area contributed by atoms with Crippen LogP contribution in [0.3, 0.4) is 0 Å². The molecule has 5 nitrogen and oxygen atoms in total. The second-order valence-corrected chi connectivity index (χ2v) is 5.73. The second kappa shape index (κ2) is 4.55. The van der Waals surface area contributed by atoms with Crippen LogP contribution in [0.25, 0.3) is 11.4 Å². The van der Waals surface area contributed by atoms with Crippen molar-refractivity contribution in [1.29, 1.82) is 0 Å². The molecular weight excluding hydrogens is 268 g/mol. The molecule has 0 spiro atoms. The van der Waals surface area contributed by atoms with Gasteiger partial charge < -0.3 is 9.67 Å². The van der Waals surface area contributed by atoms with E-state index < -0.39 is 11.4 Å². The van der Waals surface area contributed by atoms with Crippen LogP contribution in [0.2, 0.25) is 0 Å². The first-order valence-corrected chi connectivity index (χ1v) is 6.87. The van der Waals surface area contributed by atoms with Gasteiger partial charge in [-0.1, -0.05) is 19.9 Å². The Bertz CT molecular complexity index is 806. The van der Waals surface area contributed by atoms with Gasteiger partial charge in [0.15, 0.2) is 5.43 Å². The van der Waals surface area contributed by atoms with Crippen LogP contribution in [0.5, 0.6) is 0 Å². The fourth-order valence-electron chi connectivity index (χ4n) is 2.97. The molecule has 1 N–H and O–H groups in total. The number of fused-ring (bicyclic) bond motifs is 3. The summed E-state index contributed by atoms with van der Waals surface area (Å²) < 4.78 is 1.87. The van der Waals surface area contributed by atoms with Gasteiger partial charge in [0.05, 0.1) is 17.4 Å². The molecule has 0 saturated heterocycles. The number of rotatable bonds is 2. The topological polar surface area (TPSA) is 72.2 Å². The normalized spacial score (nSPS) is 15.9. The van der Waals surface area contributed by atoms with Crippen molar-refractivity contribution in [2.75, 3.05) is 0 Å². The highest BCUT2D eigenvalue weighted by atomic mass is 16.4. The van der Waals surface area contributed by atoms with E-state index in [1.807, 2.05) is 23.6 Å². The van der Waals surface area contributed by atoms with E-state index in [2.05, 4.69) is 18.8 Å². The minimum absolute atomic E-state index is 0.00167. The first kappa shape index (κ1) is 13.5. The van der Waals surface area contributed by atoms with Gasteiger partial charge in [-0.3, -0.25) is 9.78 Å². The van der Waals surface area contributed by atoms with Gasteiger partial charge in [-0.15, -0.1) is 0 Å². The number of aromatic carboxylic acids is 1. The third-order valence-electron chi connectivity index (χ3n) is 3.87. The molecule has 1 aliphatic heterocycles. The van der Waals surface area contributed by atoms with E-state index in [4.69, 9.17) is 5.11 Å². The van der Waals surface area contributed by atoms with E-state index in [1.165, 1.54) is 12.3 Å². The van der Waals surface area contributed by atoms with Crippen LogP contribution in [-0.2, 0) is 0 Å². The summed E-state index contributed by atoms with van der Waals surface area (Å²) in [6, 6.07) is 5.34. The summed E-state index contributed by atoms with van der Waals surface area (Å²) in [5.74, 6) is -0.934. The summed E-state index contributed by atoms with van der Waals surface area (Å²) in [6.07, 6.45) is 1.45. The lowest BCUT2D eigenvalue weighted by molar-refractivity contribution is 0.0694. The molecule has 0 aromatic carbocycles. The molecule has 0 radical (unpaired) electrons. The Morgan fingerprint density at radius 3 is 2.71 bits per heavy atom. The third kappa shape index (κ3) is 1.96.